The van der Waals surface area contributed by atoms with Crippen molar-refractivity contribution < 1.29 is 0 Å². The molecule has 6 nitrogen and oxygen atoms in total. The van der Waals surface area contributed by atoms with Crippen LogP contribution in [0.2, 0.25) is 5.02 Å². The minimum atomic E-state index is -0.141. The summed E-state index contributed by atoms with van der Waals surface area (Å²) in [6, 6.07) is 23.5. The number of aryl methyl sites for hydroxylation is 1. The highest BCUT2D eigenvalue weighted by molar-refractivity contribution is 6.31. The lowest BCUT2D eigenvalue weighted by molar-refractivity contribution is 0.741. The Kier molecular flexibility index (Phi) is 4.89. The SMILES string of the molecule is Cc1ccc(Cn2cnc3c(c2=O)c2nc4ccccc4nc2n3Cc2ccccc2Cl)cc1. The van der Waals surface area contributed by atoms with Gasteiger partial charge in [0.15, 0.2) is 11.3 Å². The van der Waals surface area contributed by atoms with E-state index in [2.05, 4.69) is 0 Å². The van der Waals surface area contributed by atoms with E-state index in [9.17, 15) is 4.79 Å². The molecule has 7 heteroatoms. The predicted octanol–water partition coefficient (Wildman–Crippen LogP) is 5.35. The van der Waals surface area contributed by atoms with Crippen LogP contribution in [0.15, 0.2) is 83.9 Å². The van der Waals surface area contributed by atoms with Crippen LogP contribution < -0.4 is 5.56 Å². The molecule has 3 aromatic carbocycles. The Balaban J connectivity index is 1.61. The van der Waals surface area contributed by atoms with Crippen molar-refractivity contribution in [2.45, 2.75) is 20.0 Å². The number of benzene rings is 3. The lowest BCUT2D eigenvalue weighted by Crippen LogP contribution is -2.21. The monoisotopic (exact) mass is 465 g/mol. The van der Waals surface area contributed by atoms with E-state index in [1.807, 2.05) is 84.3 Å². The van der Waals surface area contributed by atoms with Crippen molar-refractivity contribution in [3.8, 4) is 0 Å². The van der Waals surface area contributed by atoms with E-state index < -0.39 is 0 Å². The van der Waals surface area contributed by atoms with Crippen molar-refractivity contribution in [1.29, 1.82) is 0 Å². The molecule has 0 bridgehead atoms. The Labute approximate surface area is 200 Å². The molecule has 0 saturated heterocycles. The molecule has 0 aliphatic rings. The molecule has 0 saturated carbocycles. The molecule has 34 heavy (non-hydrogen) atoms. The van der Waals surface area contributed by atoms with Crippen molar-refractivity contribution in [2.75, 3.05) is 0 Å². The van der Waals surface area contributed by atoms with Crippen LogP contribution in [0.5, 0.6) is 0 Å². The van der Waals surface area contributed by atoms with Crippen LogP contribution in [-0.4, -0.2) is 24.1 Å². The first-order valence-corrected chi connectivity index (χ1v) is 11.4. The van der Waals surface area contributed by atoms with E-state index in [0.717, 1.165) is 22.2 Å². The summed E-state index contributed by atoms with van der Waals surface area (Å²) in [4.78, 5) is 28.1. The summed E-state index contributed by atoms with van der Waals surface area (Å²) in [7, 11) is 0. The third kappa shape index (κ3) is 3.43. The van der Waals surface area contributed by atoms with E-state index in [0.29, 0.717) is 40.3 Å². The minimum absolute atomic E-state index is 0.141. The van der Waals surface area contributed by atoms with Gasteiger partial charge in [0.05, 0.1) is 24.1 Å². The van der Waals surface area contributed by atoms with Crippen LogP contribution >= 0.6 is 11.6 Å². The van der Waals surface area contributed by atoms with Gasteiger partial charge >= 0.3 is 0 Å². The number of nitrogens with zero attached hydrogens (tertiary/aromatic N) is 5. The van der Waals surface area contributed by atoms with Crippen LogP contribution in [0.1, 0.15) is 16.7 Å². The molecule has 0 N–H and O–H groups in total. The maximum Gasteiger partial charge on any atom is 0.265 e. The van der Waals surface area contributed by atoms with E-state index in [1.165, 1.54) is 5.56 Å². The summed E-state index contributed by atoms with van der Waals surface area (Å²) in [5.41, 5.74) is 6.21. The highest BCUT2D eigenvalue weighted by Gasteiger charge is 2.20. The molecule has 3 heterocycles. The molecule has 0 aliphatic carbocycles. The number of hydrogen-bond acceptors (Lipinski definition) is 4. The molecule has 0 aliphatic heterocycles. The number of fused-ring (bicyclic) bond motifs is 4. The van der Waals surface area contributed by atoms with Gasteiger partial charge in [-0.3, -0.25) is 9.36 Å². The smallest absolute Gasteiger partial charge is 0.265 e. The fourth-order valence-electron chi connectivity index (χ4n) is 4.29. The fraction of sp³-hybridized carbons (Fsp3) is 0.111. The van der Waals surface area contributed by atoms with Gasteiger partial charge in [-0.05, 0) is 36.2 Å². The Bertz CT molecular complexity index is 1750. The van der Waals surface area contributed by atoms with Crippen LogP contribution in [0, 0.1) is 6.92 Å². The van der Waals surface area contributed by atoms with Crippen molar-refractivity contribution >= 4 is 44.8 Å². The summed E-state index contributed by atoms with van der Waals surface area (Å²) in [6.45, 7) is 2.90. The summed E-state index contributed by atoms with van der Waals surface area (Å²) in [5, 5.41) is 1.12. The second kappa shape index (κ2) is 8.08. The van der Waals surface area contributed by atoms with E-state index >= 15 is 0 Å². The van der Waals surface area contributed by atoms with Gasteiger partial charge in [-0.2, -0.15) is 0 Å². The van der Waals surface area contributed by atoms with Crippen molar-refractivity contribution in [3.63, 3.8) is 0 Å². The number of hydrogen-bond donors (Lipinski definition) is 0. The first-order chi connectivity index (χ1) is 16.6. The Hall–Kier alpha value is -4.03. The van der Waals surface area contributed by atoms with Crippen LogP contribution in [-0.2, 0) is 13.1 Å². The summed E-state index contributed by atoms with van der Waals surface area (Å²) < 4.78 is 3.56. The highest BCUT2D eigenvalue weighted by atomic mass is 35.5. The predicted molar refractivity (Wildman–Crippen MR) is 135 cm³/mol. The molecule has 166 valence electrons. The maximum atomic E-state index is 13.7. The van der Waals surface area contributed by atoms with Gasteiger partial charge in [0.25, 0.3) is 5.56 Å². The average molecular weight is 466 g/mol. The van der Waals surface area contributed by atoms with Gasteiger partial charge in [0.2, 0.25) is 0 Å². The minimum Gasteiger partial charge on any atom is -0.304 e. The van der Waals surface area contributed by atoms with Gasteiger partial charge in [-0.25, -0.2) is 15.0 Å². The molecule has 0 amide bonds. The molecule has 0 fully saturated rings. The molecule has 6 rings (SSSR count). The number of aromatic nitrogens is 5. The van der Waals surface area contributed by atoms with Gasteiger partial charge < -0.3 is 4.57 Å². The Morgan fingerprint density at radius 1 is 0.824 bits per heavy atom. The lowest BCUT2D eigenvalue weighted by atomic mass is 10.1. The third-order valence-electron chi connectivity index (χ3n) is 6.08. The average Bonchev–Trinajstić information content (AvgIpc) is 3.15. The van der Waals surface area contributed by atoms with E-state index in [-0.39, 0.29) is 5.56 Å². The molecular weight excluding hydrogens is 446 g/mol. The fourth-order valence-corrected chi connectivity index (χ4v) is 4.48. The molecule has 3 aromatic heterocycles. The summed E-state index contributed by atoms with van der Waals surface area (Å²) in [5.74, 6) is 0. The van der Waals surface area contributed by atoms with Crippen molar-refractivity contribution in [2.24, 2.45) is 0 Å². The van der Waals surface area contributed by atoms with Gasteiger partial charge in [0.1, 0.15) is 17.2 Å². The standard InChI is InChI=1S/C27H20ClN5O/c1-17-10-12-18(13-11-17)14-32-16-29-25-23(27(32)34)24-26(31-22-9-5-4-8-21(22)30-24)33(25)15-19-6-2-3-7-20(19)28/h2-13,16H,14-15H2,1H3. The second-order valence-electron chi connectivity index (χ2n) is 8.42. The lowest BCUT2D eigenvalue weighted by Gasteiger charge is -2.09. The zero-order valence-electron chi connectivity index (χ0n) is 18.4. The molecule has 0 radical (unpaired) electrons. The second-order valence-corrected chi connectivity index (χ2v) is 8.83. The first kappa shape index (κ1) is 20.6. The van der Waals surface area contributed by atoms with Crippen LogP contribution in [0.3, 0.4) is 0 Å². The molecule has 0 spiro atoms. The van der Waals surface area contributed by atoms with Gasteiger partial charge in [-0.15, -0.1) is 0 Å². The zero-order chi connectivity index (χ0) is 23.2. The largest absolute Gasteiger partial charge is 0.304 e. The number of halogens is 1. The summed E-state index contributed by atoms with van der Waals surface area (Å²) in [6.07, 6.45) is 1.60. The van der Waals surface area contributed by atoms with Crippen molar-refractivity contribution in [1.82, 2.24) is 24.1 Å². The van der Waals surface area contributed by atoms with E-state index in [1.54, 1.807) is 10.9 Å². The number of rotatable bonds is 4. The zero-order valence-corrected chi connectivity index (χ0v) is 19.2. The number of para-hydroxylation sites is 2. The summed E-state index contributed by atoms with van der Waals surface area (Å²) >= 11 is 6.46. The van der Waals surface area contributed by atoms with Crippen molar-refractivity contribution in [3.05, 3.63) is 111 Å². The molecular formula is C27H20ClN5O. The molecule has 0 unspecified atom stereocenters. The normalized spacial score (nSPS) is 11.6. The maximum absolute atomic E-state index is 13.7. The Morgan fingerprint density at radius 3 is 2.29 bits per heavy atom. The topological polar surface area (TPSA) is 65.6 Å². The first-order valence-electron chi connectivity index (χ1n) is 11.0. The Morgan fingerprint density at radius 2 is 1.53 bits per heavy atom. The van der Waals surface area contributed by atoms with E-state index in [4.69, 9.17) is 26.6 Å². The van der Waals surface area contributed by atoms with Crippen LogP contribution in [0.4, 0.5) is 0 Å². The molecule has 0 atom stereocenters. The molecule has 6 aromatic rings. The quantitative estimate of drug-likeness (QED) is 0.352. The van der Waals surface area contributed by atoms with Gasteiger partial charge in [-0.1, -0.05) is 71.8 Å². The third-order valence-corrected chi connectivity index (χ3v) is 6.45. The highest BCUT2D eigenvalue weighted by Crippen LogP contribution is 2.27. The van der Waals surface area contributed by atoms with Crippen LogP contribution in [0.25, 0.3) is 33.2 Å². The van der Waals surface area contributed by atoms with Gasteiger partial charge in [0, 0.05) is 5.02 Å².